The van der Waals surface area contributed by atoms with Crippen molar-refractivity contribution in [3.63, 3.8) is 0 Å². The van der Waals surface area contributed by atoms with Crippen LogP contribution in [0.1, 0.15) is 38.5 Å². The highest BCUT2D eigenvalue weighted by atomic mass is 16.8. The van der Waals surface area contributed by atoms with Crippen molar-refractivity contribution in [3.05, 3.63) is 0 Å². The third-order valence-electron chi connectivity index (χ3n) is 4.76. The number of carbonyl (C=O) groups is 3. The molecule has 0 aromatic carbocycles. The molecule has 2 fully saturated rings. The summed E-state index contributed by atoms with van der Waals surface area (Å²) in [5, 5.41) is 8.94. The zero-order valence-corrected chi connectivity index (χ0v) is 11.6. The van der Waals surface area contributed by atoms with Gasteiger partial charge in [0.05, 0.1) is 5.92 Å². The van der Waals surface area contributed by atoms with Gasteiger partial charge < -0.3 is 5.11 Å². The maximum Gasteiger partial charge on any atom is 0.531 e. The first-order chi connectivity index (χ1) is 10.1. The molecular weight excluding hydrogens is 274 g/mol. The fourth-order valence-corrected chi connectivity index (χ4v) is 3.74. The summed E-state index contributed by atoms with van der Waals surface area (Å²) in [5.74, 6) is 6.44. The van der Waals surface area contributed by atoms with E-state index in [4.69, 9.17) is 5.11 Å². The fourth-order valence-electron chi connectivity index (χ4n) is 3.74. The van der Waals surface area contributed by atoms with Gasteiger partial charge in [-0.1, -0.05) is 5.06 Å². The van der Waals surface area contributed by atoms with E-state index >= 15 is 0 Å². The molecule has 3 aliphatic rings. The average molecular weight is 291 g/mol. The molecule has 112 valence electrons. The Kier molecular flexibility index (Phi) is 3.58. The molecule has 1 heterocycles. The van der Waals surface area contributed by atoms with Crippen molar-refractivity contribution in [2.45, 2.75) is 38.5 Å². The predicted octanol–water partition coefficient (Wildman–Crippen LogP) is 1.80. The number of imide groups is 1. The van der Waals surface area contributed by atoms with E-state index in [2.05, 4.69) is 16.7 Å². The Labute approximate surface area is 122 Å². The number of rotatable bonds is 3. The first kappa shape index (κ1) is 13.9. The molecule has 0 radical (unpaired) electrons. The average Bonchev–Trinajstić information content (AvgIpc) is 2.95. The van der Waals surface area contributed by atoms with E-state index in [0.29, 0.717) is 29.2 Å². The van der Waals surface area contributed by atoms with Gasteiger partial charge in [0.1, 0.15) is 0 Å². The van der Waals surface area contributed by atoms with Crippen LogP contribution in [0.2, 0.25) is 0 Å². The molecule has 4 atom stereocenters. The van der Waals surface area contributed by atoms with Gasteiger partial charge in [0.15, 0.2) is 0 Å². The van der Waals surface area contributed by atoms with Crippen molar-refractivity contribution in [1.29, 1.82) is 0 Å². The fraction of sp³-hybridized carbons (Fsp3) is 0.667. The minimum atomic E-state index is -1.64. The number of amides is 2. The highest BCUT2D eigenvalue weighted by molar-refractivity contribution is 6.02. The molecule has 2 unspecified atom stereocenters. The quantitative estimate of drug-likeness (QED) is 0.633. The molecule has 6 nitrogen and oxygen atoms in total. The second kappa shape index (κ2) is 5.40. The number of nitrogens with zero attached hydrogens (tertiary/aromatic N) is 1. The van der Waals surface area contributed by atoms with Crippen molar-refractivity contribution in [2.24, 2.45) is 23.7 Å². The Bertz CT molecular complexity index is 528. The summed E-state index contributed by atoms with van der Waals surface area (Å²) in [7, 11) is 0. The second-order valence-corrected chi connectivity index (χ2v) is 5.94. The lowest BCUT2D eigenvalue weighted by atomic mass is 9.98. The van der Waals surface area contributed by atoms with Gasteiger partial charge >= 0.3 is 6.16 Å². The predicted molar refractivity (Wildman–Crippen MR) is 70.4 cm³/mol. The molecule has 6 heteroatoms. The Morgan fingerprint density at radius 2 is 1.86 bits per heavy atom. The zero-order chi connectivity index (χ0) is 15.0. The molecule has 1 N–H and O–H groups in total. The molecule has 0 spiro atoms. The number of carbonyl (C=O) groups excluding carboxylic acids is 2. The normalized spacial score (nSPS) is 34.4. The molecule has 2 amide bonds. The zero-order valence-electron chi connectivity index (χ0n) is 11.6. The van der Waals surface area contributed by atoms with Crippen LogP contribution in [-0.4, -0.2) is 28.1 Å². The van der Waals surface area contributed by atoms with Crippen molar-refractivity contribution in [1.82, 2.24) is 5.06 Å². The number of carboxylic acid groups (broad SMARTS) is 1. The smallest absolute Gasteiger partial charge is 0.448 e. The Morgan fingerprint density at radius 3 is 2.43 bits per heavy atom. The van der Waals surface area contributed by atoms with Gasteiger partial charge in [0, 0.05) is 19.3 Å². The first-order valence-corrected chi connectivity index (χ1v) is 7.31. The Morgan fingerprint density at radius 1 is 1.24 bits per heavy atom. The summed E-state index contributed by atoms with van der Waals surface area (Å²) in [6.07, 6.45) is 3.01. The third kappa shape index (κ3) is 2.73. The summed E-state index contributed by atoms with van der Waals surface area (Å²) >= 11 is 0. The molecular formula is C15H17NO5. The lowest BCUT2D eigenvalue weighted by Gasteiger charge is -2.11. The summed E-state index contributed by atoms with van der Waals surface area (Å²) < 4.78 is 0. The minimum absolute atomic E-state index is 0.0541. The van der Waals surface area contributed by atoms with E-state index in [9.17, 15) is 14.4 Å². The molecule has 0 aromatic rings. The van der Waals surface area contributed by atoms with Crippen LogP contribution in [0.25, 0.3) is 0 Å². The number of hydroxylamine groups is 2. The molecule has 0 bridgehead atoms. The summed E-state index contributed by atoms with van der Waals surface area (Å²) in [6.45, 7) is 0. The molecule has 2 aliphatic carbocycles. The molecule has 3 rings (SSSR count). The van der Waals surface area contributed by atoms with E-state index in [1.807, 2.05) is 0 Å². The third-order valence-corrected chi connectivity index (χ3v) is 4.76. The van der Waals surface area contributed by atoms with Gasteiger partial charge in [0.2, 0.25) is 0 Å². The van der Waals surface area contributed by atoms with E-state index in [1.165, 1.54) is 0 Å². The highest BCUT2D eigenvalue weighted by Crippen LogP contribution is 2.56. The van der Waals surface area contributed by atoms with E-state index in [0.717, 1.165) is 25.7 Å². The molecule has 0 aromatic heterocycles. The summed E-state index contributed by atoms with van der Waals surface area (Å²) in [5.41, 5.74) is 0. The van der Waals surface area contributed by atoms with Crippen LogP contribution >= 0.6 is 0 Å². The van der Waals surface area contributed by atoms with Gasteiger partial charge in [-0.15, -0.1) is 11.8 Å². The van der Waals surface area contributed by atoms with Crippen molar-refractivity contribution >= 4 is 18.0 Å². The topological polar surface area (TPSA) is 83.9 Å². The number of hydrogen-bond acceptors (Lipinski definition) is 4. The first-order valence-electron chi connectivity index (χ1n) is 7.31. The van der Waals surface area contributed by atoms with Crippen molar-refractivity contribution < 1.29 is 24.3 Å². The van der Waals surface area contributed by atoms with Crippen LogP contribution in [0.5, 0.6) is 0 Å². The van der Waals surface area contributed by atoms with Crippen LogP contribution in [0.3, 0.4) is 0 Å². The van der Waals surface area contributed by atoms with Gasteiger partial charge in [-0.2, -0.15) is 0 Å². The van der Waals surface area contributed by atoms with Crippen molar-refractivity contribution in [2.75, 3.05) is 0 Å². The van der Waals surface area contributed by atoms with E-state index in [-0.39, 0.29) is 6.42 Å². The van der Waals surface area contributed by atoms with Gasteiger partial charge in [-0.3, -0.25) is 14.4 Å². The van der Waals surface area contributed by atoms with Crippen LogP contribution < -0.4 is 0 Å². The SMILES string of the molecule is O=C(O)ON1C(=O)CC(CC2[C@H]3CCC#CCC[C@@H]23)C1=O. The maximum absolute atomic E-state index is 12.0. The lowest BCUT2D eigenvalue weighted by Crippen LogP contribution is -2.32. The van der Waals surface area contributed by atoms with Gasteiger partial charge in [-0.25, -0.2) is 4.79 Å². The number of fused-ring (bicyclic) bond motifs is 1. The van der Waals surface area contributed by atoms with Crippen molar-refractivity contribution in [3.8, 4) is 11.8 Å². The van der Waals surface area contributed by atoms with Gasteiger partial charge in [0.25, 0.3) is 11.8 Å². The monoisotopic (exact) mass is 291 g/mol. The van der Waals surface area contributed by atoms with E-state index in [1.54, 1.807) is 0 Å². The standard InChI is InChI=1S/C15H17NO5/c17-13-8-9(14(18)16(13)21-15(19)20)7-12-10-5-3-1-2-4-6-11(10)12/h9-12H,3-8H2,(H,19,20)/t9?,10-,11+,12?. The Balaban J connectivity index is 1.58. The molecule has 1 saturated heterocycles. The largest absolute Gasteiger partial charge is 0.531 e. The van der Waals surface area contributed by atoms with Gasteiger partial charge in [-0.05, 0) is 37.0 Å². The number of hydrogen-bond donors (Lipinski definition) is 1. The second-order valence-electron chi connectivity index (χ2n) is 5.94. The molecule has 21 heavy (non-hydrogen) atoms. The molecule has 1 aliphatic heterocycles. The van der Waals surface area contributed by atoms with Crippen LogP contribution in [0.15, 0.2) is 0 Å². The van der Waals surface area contributed by atoms with Crippen LogP contribution in [0.4, 0.5) is 4.79 Å². The summed E-state index contributed by atoms with van der Waals surface area (Å²) in [6, 6.07) is 0. The van der Waals surface area contributed by atoms with Crippen LogP contribution in [-0.2, 0) is 14.4 Å². The van der Waals surface area contributed by atoms with Crippen LogP contribution in [0, 0.1) is 35.5 Å². The minimum Gasteiger partial charge on any atom is -0.448 e. The Hall–Kier alpha value is -2.03. The maximum atomic E-state index is 12.0. The van der Waals surface area contributed by atoms with E-state index < -0.39 is 23.9 Å². The summed E-state index contributed by atoms with van der Waals surface area (Å²) in [4.78, 5) is 38.4. The lowest BCUT2D eigenvalue weighted by molar-refractivity contribution is -0.176. The highest BCUT2D eigenvalue weighted by Gasteiger charge is 2.52. The molecule has 1 saturated carbocycles.